The molecule has 19 heavy (non-hydrogen) atoms. The van der Waals surface area contributed by atoms with Crippen molar-refractivity contribution < 1.29 is 5.11 Å². The maximum absolute atomic E-state index is 9.63. The van der Waals surface area contributed by atoms with Crippen molar-refractivity contribution in [2.24, 2.45) is 0 Å². The maximum Gasteiger partial charge on any atom is 0.115 e. The van der Waals surface area contributed by atoms with Gasteiger partial charge >= 0.3 is 0 Å². The first-order valence-corrected chi connectivity index (χ1v) is 6.77. The van der Waals surface area contributed by atoms with Crippen molar-refractivity contribution in [3.8, 4) is 5.75 Å². The van der Waals surface area contributed by atoms with Gasteiger partial charge in [0, 0.05) is 24.0 Å². The number of likely N-dealkylation sites (N-methyl/N-ethyl adjacent to an activating group) is 1. The summed E-state index contributed by atoms with van der Waals surface area (Å²) in [6.45, 7) is 1.87. The van der Waals surface area contributed by atoms with Crippen LogP contribution in [0.5, 0.6) is 5.75 Å². The van der Waals surface area contributed by atoms with E-state index >= 15 is 0 Å². The second-order valence-electron chi connectivity index (χ2n) is 5.18. The molecule has 0 aliphatic carbocycles. The second kappa shape index (κ2) is 4.87. The fraction of sp³-hybridized carbons (Fsp3) is 0.250. The van der Waals surface area contributed by atoms with Gasteiger partial charge in [0.15, 0.2) is 0 Å². The molecule has 98 valence electrons. The predicted molar refractivity (Wildman–Crippen MR) is 77.7 cm³/mol. The van der Waals surface area contributed by atoms with E-state index in [9.17, 15) is 5.11 Å². The Morgan fingerprint density at radius 1 is 1.16 bits per heavy atom. The average Bonchev–Trinajstić information content (AvgIpc) is 2.38. The Balaban J connectivity index is 2.05. The van der Waals surface area contributed by atoms with Crippen LogP contribution in [0.1, 0.15) is 22.6 Å². The van der Waals surface area contributed by atoms with Gasteiger partial charge in [-0.2, -0.15) is 0 Å². The molecule has 1 aliphatic heterocycles. The van der Waals surface area contributed by atoms with Gasteiger partial charge in [0.1, 0.15) is 5.75 Å². The molecule has 3 heteroatoms. The van der Waals surface area contributed by atoms with Crippen LogP contribution >= 0.6 is 11.6 Å². The normalized spacial score (nSPS) is 19.2. The first-order chi connectivity index (χ1) is 9.13. The van der Waals surface area contributed by atoms with Gasteiger partial charge in [-0.05, 0) is 48.0 Å². The van der Waals surface area contributed by atoms with E-state index in [1.807, 2.05) is 24.3 Å². The third-order valence-corrected chi connectivity index (χ3v) is 3.96. The fourth-order valence-corrected chi connectivity index (χ4v) is 2.94. The van der Waals surface area contributed by atoms with Gasteiger partial charge in [0.05, 0.1) is 0 Å². The molecule has 0 saturated heterocycles. The van der Waals surface area contributed by atoms with E-state index < -0.39 is 0 Å². The lowest BCUT2D eigenvalue weighted by atomic mass is 9.85. The van der Waals surface area contributed by atoms with Crippen LogP contribution in [0.3, 0.4) is 0 Å². The van der Waals surface area contributed by atoms with Crippen LogP contribution in [0.2, 0.25) is 5.02 Å². The number of phenols is 1. The number of aromatic hydroxyl groups is 1. The highest BCUT2D eigenvalue weighted by Gasteiger charge is 2.24. The Kier molecular flexibility index (Phi) is 3.21. The molecule has 1 atom stereocenters. The molecule has 3 rings (SSSR count). The van der Waals surface area contributed by atoms with Crippen LogP contribution < -0.4 is 0 Å². The minimum atomic E-state index is 0.337. The van der Waals surface area contributed by atoms with Crippen molar-refractivity contribution in [2.45, 2.75) is 12.5 Å². The number of rotatable bonds is 1. The van der Waals surface area contributed by atoms with E-state index in [4.69, 9.17) is 11.6 Å². The van der Waals surface area contributed by atoms with E-state index in [2.05, 4.69) is 24.1 Å². The largest absolute Gasteiger partial charge is 0.508 e. The Morgan fingerprint density at radius 3 is 2.63 bits per heavy atom. The zero-order chi connectivity index (χ0) is 13.4. The van der Waals surface area contributed by atoms with Gasteiger partial charge in [-0.15, -0.1) is 0 Å². The van der Waals surface area contributed by atoms with Crippen molar-refractivity contribution in [1.29, 1.82) is 0 Å². The van der Waals surface area contributed by atoms with E-state index in [1.54, 1.807) is 6.07 Å². The quantitative estimate of drug-likeness (QED) is 0.858. The first kappa shape index (κ1) is 12.5. The highest BCUT2D eigenvalue weighted by atomic mass is 35.5. The molecule has 0 spiro atoms. The molecule has 0 aromatic heterocycles. The third kappa shape index (κ3) is 2.46. The smallest absolute Gasteiger partial charge is 0.115 e. The summed E-state index contributed by atoms with van der Waals surface area (Å²) in [7, 11) is 2.11. The number of phenolic OH excluding ortho intramolecular Hbond substituents is 1. The van der Waals surface area contributed by atoms with Gasteiger partial charge in [0.2, 0.25) is 0 Å². The summed E-state index contributed by atoms with van der Waals surface area (Å²) >= 11 is 5.96. The van der Waals surface area contributed by atoms with Crippen molar-refractivity contribution in [3.63, 3.8) is 0 Å². The molecule has 1 unspecified atom stereocenters. The molecule has 1 N–H and O–H groups in total. The molecule has 0 fully saturated rings. The van der Waals surface area contributed by atoms with Gasteiger partial charge in [-0.1, -0.05) is 29.8 Å². The van der Waals surface area contributed by atoms with Crippen LogP contribution in [0.4, 0.5) is 0 Å². The molecule has 0 radical (unpaired) electrons. The lowest BCUT2D eigenvalue weighted by molar-refractivity contribution is 0.294. The summed E-state index contributed by atoms with van der Waals surface area (Å²) in [5.74, 6) is 0.676. The van der Waals surface area contributed by atoms with Crippen molar-refractivity contribution in [2.75, 3.05) is 13.6 Å². The average molecular weight is 274 g/mol. The van der Waals surface area contributed by atoms with Crippen LogP contribution in [0, 0.1) is 0 Å². The molecule has 0 amide bonds. The molecule has 2 aromatic carbocycles. The molecular weight excluding hydrogens is 258 g/mol. The number of halogens is 1. The number of benzene rings is 2. The van der Waals surface area contributed by atoms with Gasteiger partial charge in [0.25, 0.3) is 0 Å². The first-order valence-electron chi connectivity index (χ1n) is 6.39. The lowest BCUT2D eigenvalue weighted by Gasteiger charge is -2.32. The summed E-state index contributed by atoms with van der Waals surface area (Å²) in [6.07, 6.45) is 0. The summed E-state index contributed by atoms with van der Waals surface area (Å²) in [5, 5.41) is 10.4. The monoisotopic (exact) mass is 273 g/mol. The number of nitrogens with zero attached hydrogens (tertiary/aromatic N) is 1. The summed E-state index contributed by atoms with van der Waals surface area (Å²) in [5.41, 5.74) is 3.77. The molecule has 2 nitrogen and oxygen atoms in total. The highest BCUT2D eigenvalue weighted by molar-refractivity contribution is 6.30. The molecule has 0 saturated carbocycles. The Hall–Kier alpha value is -1.51. The summed E-state index contributed by atoms with van der Waals surface area (Å²) in [6, 6.07) is 13.7. The molecule has 2 aromatic rings. The lowest BCUT2D eigenvalue weighted by Crippen LogP contribution is -2.30. The topological polar surface area (TPSA) is 23.5 Å². The van der Waals surface area contributed by atoms with E-state index in [0.717, 1.165) is 18.1 Å². The molecule has 1 heterocycles. The summed E-state index contributed by atoms with van der Waals surface area (Å²) in [4.78, 5) is 2.28. The van der Waals surface area contributed by atoms with Crippen molar-refractivity contribution in [1.82, 2.24) is 4.90 Å². The number of hydrogen-bond acceptors (Lipinski definition) is 2. The molecule has 0 bridgehead atoms. The van der Waals surface area contributed by atoms with E-state index in [-0.39, 0.29) is 0 Å². The number of fused-ring (bicyclic) bond motifs is 1. The van der Waals surface area contributed by atoms with Gasteiger partial charge in [-0.25, -0.2) is 0 Å². The Bertz CT molecular complexity index is 594. The van der Waals surface area contributed by atoms with Crippen LogP contribution in [-0.4, -0.2) is 23.6 Å². The van der Waals surface area contributed by atoms with Crippen LogP contribution in [0.15, 0.2) is 42.5 Å². The van der Waals surface area contributed by atoms with Gasteiger partial charge in [-0.3, -0.25) is 0 Å². The SMILES string of the molecule is CN1Cc2cc(O)ccc2C(c2ccc(Cl)cc2)C1. The van der Waals surface area contributed by atoms with Crippen molar-refractivity contribution in [3.05, 3.63) is 64.2 Å². The van der Waals surface area contributed by atoms with E-state index in [0.29, 0.717) is 11.7 Å². The fourth-order valence-electron chi connectivity index (χ4n) is 2.81. The molecular formula is C16H16ClNO. The van der Waals surface area contributed by atoms with Gasteiger partial charge < -0.3 is 10.0 Å². The number of hydrogen-bond donors (Lipinski definition) is 1. The Morgan fingerprint density at radius 2 is 1.89 bits per heavy atom. The second-order valence-corrected chi connectivity index (χ2v) is 5.62. The Labute approximate surface area is 118 Å². The highest BCUT2D eigenvalue weighted by Crippen LogP contribution is 2.34. The van der Waals surface area contributed by atoms with Crippen molar-refractivity contribution >= 4 is 11.6 Å². The van der Waals surface area contributed by atoms with Crippen LogP contribution in [-0.2, 0) is 6.54 Å². The zero-order valence-corrected chi connectivity index (χ0v) is 11.6. The zero-order valence-electron chi connectivity index (χ0n) is 10.8. The minimum Gasteiger partial charge on any atom is -0.508 e. The summed E-state index contributed by atoms with van der Waals surface area (Å²) < 4.78 is 0. The van der Waals surface area contributed by atoms with Crippen LogP contribution in [0.25, 0.3) is 0 Å². The third-order valence-electron chi connectivity index (χ3n) is 3.71. The maximum atomic E-state index is 9.63. The molecule has 1 aliphatic rings. The minimum absolute atomic E-state index is 0.337. The predicted octanol–water partition coefficient (Wildman–Crippen LogP) is 3.62. The van der Waals surface area contributed by atoms with E-state index in [1.165, 1.54) is 16.7 Å². The standard InChI is InChI=1S/C16H16ClNO/c1-18-9-12-8-14(19)6-7-15(12)16(10-18)11-2-4-13(17)5-3-11/h2-8,16,19H,9-10H2,1H3.